The number of hydrogen-bond acceptors (Lipinski definition) is 3. The first-order valence-electron chi connectivity index (χ1n) is 7.98. The van der Waals surface area contributed by atoms with Crippen LogP contribution in [0.25, 0.3) is 10.9 Å². The Morgan fingerprint density at radius 1 is 0.875 bits per heavy atom. The van der Waals surface area contributed by atoms with Gasteiger partial charge in [-0.3, -0.25) is 4.98 Å². The molecule has 0 fully saturated rings. The van der Waals surface area contributed by atoms with Gasteiger partial charge in [-0.25, -0.2) is 4.98 Å². The van der Waals surface area contributed by atoms with Gasteiger partial charge in [0.25, 0.3) is 0 Å². The maximum atomic E-state index is 4.57. The summed E-state index contributed by atoms with van der Waals surface area (Å²) < 4.78 is 0. The summed E-state index contributed by atoms with van der Waals surface area (Å²) >= 11 is 0. The monoisotopic (exact) mass is 314 g/mol. The van der Waals surface area contributed by atoms with E-state index in [-0.39, 0.29) is 6.04 Å². The minimum atomic E-state index is -0.0720. The van der Waals surface area contributed by atoms with Crippen molar-refractivity contribution < 1.29 is 0 Å². The molecule has 3 aromatic heterocycles. The van der Waals surface area contributed by atoms with E-state index < -0.39 is 0 Å². The molecule has 4 rings (SSSR count). The third kappa shape index (κ3) is 2.63. The molecule has 0 amide bonds. The quantitative estimate of drug-likeness (QED) is 0.584. The summed E-state index contributed by atoms with van der Waals surface area (Å²) in [5, 5.41) is 4.74. The second-order valence-corrected chi connectivity index (χ2v) is 5.76. The summed E-state index contributed by atoms with van der Waals surface area (Å²) in [5.41, 5.74) is 4.44. The Morgan fingerprint density at radius 2 is 1.62 bits per heavy atom. The summed E-state index contributed by atoms with van der Waals surface area (Å²) in [4.78, 5) is 12.5. The lowest BCUT2D eigenvalue weighted by Crippen LogP contribution is -2.15. The molecule has 24 heavy (non-hydrogen) atoms. The maximum Gasteiger partial charge on any atom is 0.126 e. The van der Waals surface area contributed by atoms with Gasteiger partial charge in [-0.2, -0.15) is 0 Å². The number of aryl methyl sites for hydroxylation is 1. The van der Waals surface area contributed by atoms with E-state index >= 15 is 0 Å². The molecule has 2 N–H and O–H groups in total. The summed E-state index contributed by atoms with van der Waals surface area (Å²) in [5.74, 6) is 0.831. The van der Waals surface area contributed by atoms with Crippen molar-refractivity contribution in [3.05, 3.63) is 90.0 Å². The number of hydrogen-bond donors (Lipinski definition) is 2. The van der Waals surface area contributed by atoms with Crippen molar-refractivity contribution in [3.63, 3.8) is 0 Å². The number of nitrogens with one attached hydrogen (secondary N) is 2. The third-order valence-corrected chi connectivity index (χ3v) is 4.17. The highest BCUT2D eigenvalue weighted by molar-refractivity contribution is 5.86. The van der Waals surface area contributed by atoms with Crippen LogP contribution in [0, 0.1) is 6.92 Å². The molecule has 0 saturated carbocycles. The summed E-state index contributed by atoms with van der Waals surface area (Å²) in [6.45, 7) is 2.10. The van der Waals surface area contributed by atoms with Crippen LogP contribution in [0.4, 0.5) is 5.82 Å². The summed E-state index contributed by atoms with van der Waals surface area (Å²) in [7, 11) is 0. The van der Waals surface area contributed by atoms with Crippen molar-refractivity contribution in [2.75, 3.05) is 5.32 Å². The average molecular weight is 314 g/mol. The van der Waals surface area contributed by atoms with Crippen molar-refractivity contribution in [2.24, 2.45) is 0 Å². The van der Waals surface area contributed by atoms with Crippen LogP contribution < -0.4 is 5.32 Å². The first-order chi connectivity index (χ1) is 11.8. The van der Waals surface area contributed by atoms with Gasteiger partial charge in [-0.15, -0.1) is 0 Å². The van der Waals surface area contributed by atoms with E-state index in [0.717, 1.165) is 22.7 Å². The Kier molecular flexibility index (Phi) is 3.71. The maximum absolute atomic E-state index is 4.57. The largest absolute Gasteiger partial charge is 0.358 e. The van der Waals surface area contributed by atoms with Gasteiger partial charge in [-0.05, 0) is 37.3 Å². The number of aromatic amines is 1. The lowest BCUT2D eigenvalue weighted by molar-refractivity contribution is 0.875. The van der Waals surface area contributed by atoms with Crippen molar-refractivity contribution in [1.82, 2.24) is 15.0 Å². The topological polar surface area (TPSA) is 53.6 Å². The lowest BCUT2D eigenvalue weighted by atomic mass is 9.99. The molecule has 3 heterocycles. The van der Waals surface area contributed by atoms with Crippen molar-refractivity contribution in [2.45, 2.75) is 13.0 Å². The standard InChI is InChI=1S/C20H18N4/c1-14-19(15-8-2-3-9-16(15)23-14)20(17-10-4-6-12-21-17)24-18-11-5-7-13-22-18/h2-13,20,23H,1H3,(H,22,24)/t20-/m1/s1. The molecule has 0 bridgehead atoms. The summed E-state index contributed by atoms with van der Waals surface area (Å²) in [6.07, 6.45) is 3.62. The van der Waals surface area contributed by atoms with Gasteiger partial charge in [-0.1, -0.05) is 30.3 Å². The van der Waals surface area contributed by atoms with Crippen LogP contribution in [-0.2, 0) is 0 Å². The second kappa shape index (κ2) is 6.16. The number of nitrogens with zero attached hydrogens (tertiary/aromatic N) is 2. The predicted octanol–water partition coefficient (Wildman–Crippen LogP) is 4.47. The smallest absolute Gasteiger partial charge is 0.126 e. The molecule has 0 aliphatic heterocycles. The molecule has 0 unspecified atom stereocenters. The van der Waals surface area contributed by atoms with Crippen molar-refractivity contribution >= 4 is 16.7 Å². The highest BCUT2D eigenvalue weighted by atomic mass is 15.0. The van der Waals surface area contributed by atoms with Crippen molar-refractivity contribution in [3.8, 4) is 0 Å². The van der Waals surface area contributed by atoms with Crippen LogP contribution in [0.1, 0.15) is 23.0 Å². The first-order valence-corrected chi connectivity index (χ1v) is 7.98. The number of benzene rings is 1. The predicted molar refractivity (Wildman–Crippen MR) is 97.0 cm³/mol. The SMILES string of the molecule is Cc1[nH]c2ccccc2c1[C@H](Nc1ccccn1)c1ccccn1. The van der Waals surface area contributed by atoms with Crippen LogP contribution in [0.3, 0.4) is 0 Å². The number of para-hydroxylation sites is 1. The average Bonchev–Trinajstić information content (AvgIpc) is 2.97. The zero-order valence-electron chi connectivity index (χ0n) is 13.4. The van der Waals surface area contributed by atoms with Crippen LogP contribution in [0.15, 0.2) is 73.1 Å². The normalized spacial score (nSPS) is 12.2. The van der Waals surface area contributed by atoms with Gasteiger partial charge in [0.2, 0.25) is 0 Å². The van der Waals surface area contributed by atoms with Crippen molar-refractivity contribution in [1.29, 1.82) is 0 Å². The van der Waals surface area contributed by atoms with Crippen LogP contribution >= 0.6 is 0 Å². The van der Waals surface area contributed by atoms with Gasteiger partial charge in [0.1, 0.15) is 5.82 Å². The Morgan fingerprint density at radius 3 is 2.38 bits per heavy atom. The van der Waals surface area contributed by atoms with E-state index in [4.69, 9.17) is 0 Å². The van der Waals surface area contributed by atoms with E-state index in [1.54, 1.807) is 6.20 Å². The number of aromatic nitrogens is 3. The molecule has 118 valence electrons. The zero-order valence-corrected chi connectivity index (χ0v) is 13.4. The fraction of sp³-hybridized carbons (Fsp3) is 0.100. The van der Waals surface area contributed by atoms with Gasteiger partial charge in [0, 0.05) is 34.6 Å². The van der Waals surface area contributed by atoms with Crippen LogP contribution in [0.5, 0.6) is 0 Å². The van der Waals surface area contributed by atoms with E-state index in [0.29, 0.717) is 0 Å². The Bertz CT molecular complexity index is 945. The highest BCUT2D eigenvalue weighted by Gasteiger charge is 2.22. The van der Waals surface area contributed by atoms with Gasteiger partial charge >= 0.3 is 0 Å². The number of pyridine rings is 2. The van der Waals surface area contributed by atoms with Gasteiger partial charge in [0.15, 0.2) is 0 Å². The zero-order chi connectivity index (χ0) is 16.4. The third-order valence-electron chi connectivity index (χ3n) is 4.17. The second-order valence-electron chi connectivity index (χ2n) is 5.76. The van der Waals surface area contributed by atoms with Gasteiger partial charge in [0.05, 0.1) is 11.7 Å². The molecule has 0 aliphatic carbocycles. The molecule has 4 nitrogen and oxygen atoms in total. The van der Waals surface area contributed by atoms with E-state index in [1.807, 2.05) is 48.7 Å². The minimum Gasteiger partial charge on any atom is -0.358 e. The lowest BCUT2D eigenvalue weighted by Gasteiger charge is -2.20. The number of fused-ring (bicyclic) bond motifs is 1. The minimum absolute atomic E-state index is 0.0720. The molecule has 0 spiro atoms. The molecule has 1 aromatic carbocycles. The molecule has 0 saturated heterocycles. The fourth-order valence-electron chi connectivity index (χ4n) is 3.11. The van der Waals surface area contributed by atoms with Gasteiger partial charge < -0.3 is 10.3 Å². The van der Waals surface area contributed by atoms with E-state index in [9.17, 15) is 0 Å². The molecule has 4 aromatic rings. The summed E-state index contributed by atoms with van der Waals surface area (Å²) in [6, 6.07) is 20.1. The number of rotatable bonds is 4. The van der Waals surface area contributed by atoms with E-state index in [2.05, 4.69) is 45.4 Å². The molecular weight excluding hydrogens is 296 g/mol. The van der Waals surface area contributed by atoms with Crippen LogP contribution in [0.2, 0.25) is 0 Å². The van der Waals surface area contributed by atoms with E-state index in [1.165, 1.54) is 10.9 Å². The Hall–Kier alpha value is -3.14. The Balaban J connectivity index is 1.87. The first kappa shape index (κ1) is 14.5. The fourth-order valence-corrected chi connectivity index (χ4v) is 3.11. The molecule has 0 aliphatic rings. The Labute approximate surface area is 140 Å². The molecule has 0 radical (unpaired) electrons. The highest BCUT2D eigenvalue weighted by Crippen LogP contribution is 2.33. The van der Waals surface area contributed by atoms with Crippen LogP contribution in [-0.4, -0.2) is 15.0 Å². The number of H-pyrrole nitrogens is 1. The molecule has 1 atom stereocenters. The molecular formula is C20H18N4. The molecule has 4 heteroatoms. The number of anilines is 1.